The molecular formula is C29H35NPS+. The normalized spacial score (nSPS) is 27.6. The van der Waals surface area contributed by atoms with Crippen molar-refractivity contribution in [3.05, 3.63) is 84.9 Å². The van der Waals surface area contributed by atoms with Gasteiger partial charge in [0, 0.05) is 5.92 Å². The van der Waals surface area contributed by atoms with Gasteiger partial charge in [0.1, 0.15) is 33.2 Å². The molecule has 3 aromatic rings. The number of fused-ring (bicyclic) bond motifs is 2. The maximum atomic E-state index is 2.81. The molecule has 3 atom stereocenters. The van der Waals surface area contributed by atoms with E-state index in [1.54, 1.807) is 15.9 Å². The first-order valence-electron chi connectivity index (χ1n) is 12.2. The van der Waals surface area contributed by atoms with Gasteiger partial charge < -0.3 is 0 Å². The zero-order chi connectivity index (χ0) is 22.4. The van der Waals surface area contributed by atoms with Crippen LogP contribution < -0.4 is 15.9 Å². The van der Waals surface area contributed by atoms with E-state index >= 15 is 0 Å². The highest BCUT2D eigenvalue weighted by Gasteiger charge is 2.92. The molecular weight excluding hydrogens is 425 g/mol. The molecule has 0 aromatic heterocycles. The fourth-order valence-electron chi connectivity index (χ4n) is 7.18. The summed E-state index contributed by atoms with van der Waals surface area (Å²) in [7, 11) is -1.91. The van der Waals surface area contributed by atoms with E-state index in [0.29, 0.717) is 5.92 Å². The van der Waals surface area contributed by atoms with Gasteiger partial charge in [-0.2, -0.15) is 0 Å². The van der Waals surface area contributed by atoms with Crippen molar-refractivity contribution in [2.45, 2.75) is 55.5 Å². The van der Waals surface area contributed by atoms with Crippen molar-refractivity contribution >= 4 is 34.9 Å². The third-order valence-corrected chi connectivity index (χ3v) is 15.7. The van der Waals surface area contributed by atoms with Crippen molar-refractivity contribution in [1.29, 1.82) is 0 Å². The van der Waals surface area contributed by atoms with Crippen molar-refractivity contribution < 1.29 is 0 Å². The Kier molecular flexibility index (Phi) is 5.77. The molecule has 2 aliphatic rings. The lowest BCUT2D eigenvalue weighted by Crippen LogP contribution is -2.52. The van der Waals surface area contributed by atoms with Gasteiger partial charge in [0.15, 0.2) is 0 Å². The van der Waals surface area contributed by atoms with E-state index in [0.717, 1.165) is 13.1 Å². The van der Waals surface area contributed by atoms with Crippen LogP contribution >= 0.6 is 19.0 Å². The molecule has 0 amide bonds. The Morgan fingerprint density at radius 2 is 1.28 bits per heavy atom. The summed E-state index contributed by atoms with van der Waals surface area (Å²) < 4.78 is 0. The number of hydrogen-bond acceptors (Lipinski definition) is 2. The predicted octanol–water partition coefficient (Wildman–Crippen LogP) is 6.31. The molecule has 3 heteroatoms. The average Bonchev–Trinajstić information content (AvgIpc) is 3.46. The predicted molar refractivity (Wildman–Crippen MR) is 143 cm³/mol. The van der Waals surface area contributed by atoms with E-state index in [9.17, 15) is 0 Å². The maximum Gasteiger partial charge on any atom is 0.128 e. The second kappa shape index (κ2) is 8.32. The molecule has 1 heterocycles. The van der Waals surface area contributed by atoms with Crippen molar-refractivity contribution in [3.63, 3.8) is 0 Å². The molecule has 3 aromatic carbocycles. The lowest BCUT2D eigenvalue weighted by molar-refractivity contribution is 0.246. The molecule has 0 radical (unpaired) electrons. The third-order valence-electron chi connectivity index (χ3n) is 8.14. The molecule has 0 spiro atoms. The van der Waals surface area contributed by atoms with Gasteiger partial charge >= 0.3 is 0 Å². The first-order chi connectivity index (χ1) is 15.7. The summed E-state index contributed by atoms with van der Waals surface area (Å²) in [6, 6.07) is 32.5. The Morgan fingerprint density at radius 1 is 0.750 bits per heavy atom. The Labute approximate surface area is 199 Å². The first-order valence-corrected chi connectivity index (χ1v) is 14.8. The highest BCUT2D eigenvalue weighted by molar-refractivity contribution is 8.07. The van der Waals surface area contributed by atoms with Crippen LogP contribution in [0.4, 0.5) is 0 Å². The maximum absolute atomic E-state index is 2.81. The Hall–Kier alpha value is -1.60. The summed E-state index contributed by atoms with van der Waals surface area (Å²) in [5.74, 6) is 0.672. The molecule has 1 aliphatic carbocycles. The summed E-state index contributed by atoms with van der Waals surface area (Å²) in [6.45, 7) is 11.8. The van der Waals surface area contributed by atoms with E-state index in [2.05, 4.69) is 129 Å². The van der Waals surface area contributed by atoms with Gasteiger partial charge in [0.05, 0.1) is 4.90 Å². The molecule has 1 fully saturated rings. The van der Waals surface area contributed by atoms with E-state index < -0.39 is 7.26 Å². The Bertz CT molecular complexity index is 1040. The molecule has 0 N–H and O–H groups in total. The third kappa shape index (κ3) is 2.55. The number of nitrogens with zero attached hydrogens (tertiary/aromatic N) is 1. The molecule has 0 unspecified atom stereocenters. The molecule has 5 rings (SSSR count). The summed E-state index contributed by atoms with van der Waals surface area (Å²) in [5, 5.41) is 4.94. The van der Waals surface area contributed by atoms with Crippen molar-refractivity contribution in [2.24, 2.45) is 5.92 Å². The molecule has 166 valence electrons. The first kappa shape index (κ1) is 22.2. The van der Waals surface area contributed by atoms with Crippen LogP contribution in [0.1, 0.15) is 40.5 Å². The van der Waals surface area contributed by atoms with Crippen molar-refractivity contribution in [1.82, 2.24) is 4.90 Å². The molecule has 0 saturated heterocycles. The zero-order valence-electron chi connectivity index (χ0n) is 19.8. The molecule has 1 aliphatic heterocycles. The van der Waals surface area contributed by atoms with Gasteiger partial charge in [-0.1, -0.05) is 88.0 Å². The molecule has 1 nitrogen and oxygen atoms in total. The fraction of sp³-hybridized carbons (Fsp3) is 0.379. The van der Waals surface area contributed by atoms with E-state index in [1.807, 2.05) is 0 Å². The van der Waals surface area contributed by atoms with Gasteiger partial charge in [-0.25, -0.2) is 0 Å². The van der Waals surface area contributed by atoms with Gasteiger partial charge in [-0.05, 0) is 62.3 Å². The van der Waals surface area contributed by atoms with Crippen LogP contribution in [0, 0.1) is 5.92 Å². The quantitative estimate of drug-likeness (QED) is 0.380. The molecule has 32 heavy (non-hydrogen) atoms. The fourth-order valence-corrected chi connectivity index (χ4v) is 16.5. The minimum Gasteiger partial charge on any atom is -0.285 e. The van der Waals surface area contributed by atoms with Crippen LogP contribution in [-0.2, 0) is 0 Å². The Morgan fingerprint density at radius 3 is 1.78 bits per heavy atom. The van der Waals surface area contributed by atoms with E-state index in [1.165, 1.54) is 17.7 Å². The van der Waals surface area contributed by atoms with Crippen LogP contribution in [0.2, 0.25) is 0 Å². The minimum atomic E-state index is -1.91. The SMILES string of the molecule is CC[C@H]1[C@@]2(CC)[C@]1(N(CC)CC)Sc1ccccc1[P+]2(c1ccccc1)c1ccccc1. The highest BCUT2D eigenvalue weighted by Crippen LogP contribution is 2.90. The van der Waals surface area contributed by atoms with Crippen molar-refractivity contribution in [3.8, 4) is 0 Å². The van der Waals surface area contributed by atoms with Crippen LogP contribution in [0.3, 0.4) is 0 Å². The van der Waals surface area contributed by atoms with Gasteiger partial charge in [-0.15, -0.1) is 0 Å². The van der Waals surface area contributed by atoms with E-state index in [-0.39, 0.29) is 10.0 Å². The standard InChI is InChI=1S/C29H35NPS/c1-5-27-28(6-2)29(27,30(7-3)8-4)32-26-22-16-15-21-25(26)31(28,23-17-11-9-12-18-23)24-19-13-10-14-20-24/h9-22,27H,5-8H2,1-4H3/q+1/t27-,28-,29+/m0/s1. The monoisotopic (exact) mass is 460 g/mol. The topological polar surface area (TPSA) is 3.24 Å². The minimum absolute atomic E-state index is 0.161. The zero-order valence-corrected chi connectivity index (χ0v) is 21.5. The molecule has 0 bridgehead atoms. The summed E-state index contributed by atoms with van der Waals surface area (Å²) >= 11 is 2.19. The smallest absolute Gasteiger partial charge is 0.128 e. The van der Waals surface area contributed by atoms with Gasteiger partial charge in [0.2, 0.25) is 0 Å². The number of benzene rings is 3. The van der Waals surface area contributed by atoms with E-state index in [4.69, 9.17) is 0 Å². The van der Waals surface area contributed by atoms with Crippen LogP contribution in [0.15, 0.2) is 89.8 Å². The summed E-state index contributed by atoms with van der Waals surface area (Å²) in [4.78, 5) is 4.47. The van der Waals surface area contributed by atoms with Crippen LogP contribution in [-0.4, -0.2) is 28.0 Å². The average molecular weight is 461 g/mol. The van der Waals surface area contributed by atoms with Gasteiger partial charge in [-0.3, -0.25) is 4.90 Å². The summed E-state index contributed by atoms with van der Waals surface area (Å²) in [6.07, 6.45) is 2.44. The summed E-state index contributed by atoms with van der Waals surface area (Å²) in [5.41, 5.74) is 0. The lowest BCUT2D eigenvalue weighted by atomic mass is 10.2. The Balaban J connectivity index is 1.96. The lowest BCUT2D eigenvalue weighted by Gasteiger charge is -2.45. The van der Waals surface area contributed by atoms with Gasteiger partial charge in [0.25, 0.3) is 0 Å². The van der Waals surface area contributed by atoms with Crippen LogP contribution in [0.5, 0.6) is 0 Å². The molecule has 1 saturated carbocycles. The number of hydrogen-bond donors (Lipinski definition) is 0. The van der Waals surface area contributed by atoms with Crippen LogP contribution in [0.25, 0.3) is 0 Å². The number of thioether (sulfide) groups is 1. The van der Waals surface area contributed by atoms with Crippen molar-refractivity contribution in [2.75, 3.05) is 13.1 Å². The second-order valence-electron chi connectivity index (χ2n) is 9.02. The largest absolute Gasteiger partial charge is 0.285 e. The highest BCUT2D eigenvalue weighted by atomic mass is 32.2. The number of rotatable bonds is 7. The second-order valence-corrected chi connectivity index (χ2v) is 13.9.